The van der Waals surface area contributed by atoms with E-state index in [-0.39, 0.29) is 0 Å². The molecular weight excluding hydrogens is 288 g/mol. The summed E-state index contributed by atoms with van der Waals surface area (Å²) in [5.41, 5.74) is 5.13. The predicted molar refractivity (Wildman–Crippen MR) is 110 cm³/mol. The largest absolute Gasteiger partial charge is 0.0998 e. The lowest BCUT2D eigenvalue weighted by atomic mass is 9.86. The standard InChI is InChI=1S/C24H36/c1-7-10-20(5)11-9-12-24(19(3)4)18-21(6)17-23-15-13-22(8-2)14-16-23/h8,13-16,20,24H,2-3,6-7,9-12,17-18H2,1,4-5H3. The third kappa shape index (κ3) is 7.81. The second kappa shape index (κ2) is 11.1. The van der Waals surface area contributed by atoms with Crippen molar-refractivity contribution < 1.29 is 0 Å². The Labute approximate surface area is 150 Å². The van der Waals surface area contributed by atoms with Crippen LogP contribution in [-0.2, 0) is 6.42 Å². The van der Waals surface area contributed by atoms with Crippen molar-refractivity contribution in [3.8, 4) is 0 Å². The van der Waals surface area contributed by atoms with Crippen molar-refractivity contribution in [1.82, 2.24) is 0 Å². The molecule has 2 unspecified atom stereocenters. The van der Waals surface area contributed by atoms with Gasteiger partial charge in [-0.25, -0.2) is 0 Å². The van der Waals surface area contributed by atoms with E-state index >= 15 is 0 Å². The lowest BCUT2D eigenvalue weighted by Crippen LogP contribution is -2.06. The molecule has 24 heavy (non-hydrogen) atoms. The lowest BCUT2D eigenvalue weighted by molar-refractivity contribution is 0.428. The summed E-state index contributed by atoms with van der Waals surface area (Å²) in [4.78, 5) is 0. The van der Waals surface area contributed by atoms with Gasteiger partial charge < -0.3 is 0 Å². The van der Waals surface area contributed by atoms with Gasteiger partial charge in [0.15, 0.2) is 0 Å². The molecule has 1 aromatic carbocycles. The number of hydrogen-bond acceptors (Lipinski definition) is 0. The van der Waals surface area contributed by atoms with Crippen molar-refractivity contribution in [1.29, 1.82) is 0 Å². The smallest absolute Gasteiger partial charge is 0.00696 e. The Bertz CT molecular complexity index is 517. The number of hydrogen-bond donors (Lipinski definition) is 0. The van der Waals surface area contributed by atoms with Crippen LogP contribution >= 0.6 is 0 Å². The van der Waals surface area contributed by atoms with E-state index in [0.29, 0.717) is 5.92 Å². The molecule has 1 aromatic rings. The van der Waals surface area contributed by atoms with E-state index < -0.39 is 0 Å². The van der Waals surface area contributed by atoms with E-state index in [1.54, 1.807) is 0 Å². The Morgan fingerprint density at radius 1 is 1.08 bits per heavy atom. The van der Waals surface area contributed by atoms with Gasteiger partial charge in [-0.05, 0) is 49.1 Å². The topological polar surface area (TPSA) is 0 Å². The third-order valence-electron chi connectivity index (χ3n) is 4.93. The van der Waals surface area contributed by atoms with E-state index in [9.17, 15) is 0 Å². The van der Waals surface area contributed by atoms with Crippen LogP contribution in [0.1, 0.15) is 70.4 Å². The van der Waals surface area contributed by atoms with E-state index in [2.05, 4.69) is 64.8 Å². The van der Waals surface area contributed by atoms with Crippen molar-refractivity contribution >= 4 is 6.08 Å². The van der Waals surface area contributed by atoms with Crippen LogP contribution < -0.4 is 0 Å². The van der Waals surface area contributed by atoms with Gasteiger partial charge in [-0.2, -0.15) is 0 Å². The Hall–Kier alpha value is -1.56. The van der Waals surface area contributed by atoms with E-state index in [1.807, 2.05) is 6.08 Å². The predicted octanol–water partition coefficient (Wildman–Crippen LogP) is 7.62. The summed E-state index contributed by atoms with van der Waals surface area (Å²) < 4.78 is 0. The molecular formula is C24H36. The van der Waals surface area contributed by atoms with Crippen molar-refractivity contribution in [3.63, 3.8) is 0 Å². The molecule has 0 N–H and O–H groups in total. The normalized spacial score (nSPS) is 13.3. The highest BCUT2D eigenvalue weighted by Crippen LogP contribution is 2.27. The second-order valence-corrected chi connectivity index (χ2v) is 7.44. The number of allylic oxidation sites excluding steroid dienone is 2. The van der Waals surface area contributed by atoms with Crippen LogP contribution in [0.25, 0.3) is 6.08 Å². The fourth-order valence-electron chi connectivity index (χ4n) is 3.35. The van der Waals surface area contributed by atoms with Gasteiger partial charge in [0.25, 0.3) is 0 Å². The van der Waals surface area contributed by atoms with Gasteiger partial charge in [-0.1, -0.05) is 101 Å². The first-order valence-corrected chi connectivity index (χ1v) is 9.49. The van der Waals surface area contributed by atoms with Crippen LogP contribution in [0, 0.1) is 11.8 Å². The Morgan fingerprint density at radius 2 is 1.75 bits per heavy atom. The van der Waals surface area contributed by atoms with Gasteiger partial charge in [-0.3, -0.25) is 0 Å². The molecule has 0 nitrogen and oxygen atoms in total. The van der Waals surface area contributed by atoms with Crippen molar-refractivity contribution in [2.75, 3.05) is 0 Å². The molecule has 0 saturated heterocycles. The zero-order valence-corrected chi connectivity index (χ0v) is 16.1. The number of benzene rings is 1. The van der Waals surface area contributed by atoms with Crippen LogP contribution in [0.2, 0.25) is 0 Å². The van der Waals surface area contributed by atoms with Gasteiger partial charge in [0, 0.05) is 0 Å². The second-order valence-electron chi connectivity index (χ2n) is 7.44. The molecule has 0 bridgehead atoms. The Morgan fingerprint density at radius 3 is 2.29 bits per heavy atom. The molecule has 0 aliphatic rings. The minimum Gasteiger partial charge on any atom is -0.0998 e. The van der Waals surface area contributed by atoms with Gasteiger partial charge in [0.2, 0.25) is 0 Å². The van der Waals surface area contributed by atoms with E-state index in [0.717, 1.165) is 18.8 Å². The fraction of sp³-hybridized carbons (Fsp3) is 0.500. The summed E-state index contributed by atoms with van der Waals surface area (Å²) in [5, 5.41) is 0. The van der Waals surface area contributed by atoms with Crippen LogP contribution in [0.15, 0.2) is 55.1 Å². The fourth-order valence-corrected chi connectivity index (χ4v) is 3.35. The summed E-state index contributed by atoms with van der Waals surface area (Å²) in [6.45, 7) is 19.2. The summed E-state index contributed by atoms with van der Waals surface area (Å²) in [6.07, 6.45) is 10.5. The first kappa shape index (κ1) is 20.5. The molecule has 2 atom stereocenters. The molecule has 1 rings (SSSR count). The molecule has 0 aromatic heterocycles. The van der Waals surface area contributed by atoms with Crippen LogP contribution in [0.3, 0.4) is 0 Å². The van der Waals surface area contributed by atoms with Crippen LogP contribution in [-0.4, -0.2) is 0 Å². The molecule has 0 fully saturated rings. The summed E-state index contributed by atoms with van der Waals surface area (Å²) in [7, 11) is 0. The van der Waals surface area contributed by atoms with E-state index in [1.165, 1.54) is 54.4 Å². The first-order chi connectivity index (χ1) is 11.5. The molecule has 0 aliphatic carbocycles. The van der Waals surface area contributed by atoms with Crippen molar-refractivity contribution in [3.05, 3.63) is 66.3 Å². The molecule has 0 spiro atoms. The van der Waals surface area contributed by atoms with Crippen molar-refractivity contribution in [2.45, 2.75) is 65.7 Å². The third-order valence-corrected chi connectivity index (χ3v) is 4.93. The SMILES string of the molecule is C=Cc1ccc(CC(=C)CC(CCCC(C)CCC)C(=C)C)cc1. The Balaban J connectivity index is 2.46. The molecule has 0 heteroatoms. The van der Waals surface area contributed by atoms with Crippen molar-refractivity contribution in [2.24, 2.45) is 11.8 Å². The maximum Gasteiger partial charge on any atom is -0.00696 e. The summed E-state index contributed by atoms with van der Waals surface area (Å²) >= 11 is 0. The van der Waals surface area contributed by atoms with Gasteiger partial charge >= 0.3 is 0 Å². The molecule has 0 amide bonds. The van der Waals surface area contributed by atoms with Crippen LogP contribution in [0.4, 0.5) is 0 Å². The van der Waals surface area contributed by atoms with Gasteiger partial charge in [0.1, 0.15) is 0 Å². The lowest BCUT2D eigenvalue weighted by Gasteiger charge is -2.20. The molecule has 0 saturated carbocycles. The molecule has 0 radical (unpaired) electrons. The zero-order valence-electron chi connectivity index (χ0n) is 16.1. The minimum atomic E-state index is 0.582. The highest BCUT2D eigenvalue weighted by Gasteiger charge is 2.12. The molecule has 0 aliphatic heterocycles. The number of rotatable bonds is 12. The van der Waals surface area contributed by atoms with Crippen LogP contribution in [0.5, 0.6) is 0 Å². The Kier molecular flexibility index (Phi) is 9.45. The monoisotopic (exact) mass is 324 g/mol. The minimum absolute atomic E-state index is 0.582. The maximum atomic E-state index is 4.33. The zero-order chi connectivity index (χ0) is 17.9. The maximum absolute atomic E-state index is 4.33. The average molecular weight is 325 g/mol. The summed E-state index contributed by atoms with van der Waals surface area (Å²) in [5.74, 6) is 1.44. The summed E-state index contributed by atoms with van der Waals surface area (Å²) in [6, 6.07) is 8.62. The average Bonchev–Trinajstić information content (AvgIpc) is 2.54. The molecule has 0 heterocycles. The quantitative estimate of drug-likeness (QED) is 0.347. The van der Waals surface area contributed by atoms with E-state index in [4.69, 9.17) is 0 Å². The van der Waals surface area contributed by atoms with Gasteiger partial charge in [0.05, 0.1) is 0 Å². The first-order valence-electron chi connectivity index (χ1n) is 9.49. The molecule has 132 valence electrons. The highest BCUT2D eigenvalue weighted by molar-refractivity contribution is 5.47. The van der Waals surface area contributed by atoms with Gasteiger partial charge in [-0.15, -0.1) is 0 Å². The highest BCUT2D eigenvalue weighted by atomic mass is 14.2.